The molecule has 0 aliphatic rings. The Morgan fingerprint density at radius 3 is 1.44 bits per heavy atom. The molecule has 4 aromatic carbocycles. The normalized spacial score (nSPS) is 10.8. The summed E-state index contributed by atoms with van der Waals surface area (Å²) < 4.78 is 5.14. The lowest BCUT2D eigenvalue weighted by molar-refractivity contribution is -0.0000240. The first-order valence-corrected chi connectivity index (χ1v) is 12.5. The van der Waals surface area contributed by atoms with E-state index >= 15 is 0 Å². The Kier molecular flexibility index (Phi) is 8.39. The van der Waals surface area contributed by atoms with Crippen LogP contribution in [-0.4, -0.2) is 12.6 Å². The number of hydrogen-bond acceptors (Lipinski definition) is 2. The van der Waals surface area contributed by atoms with Crippen molar-refractivity contribution < 1.29 is 26.5 Å². The fourth-order valence-corrected chi connectivity index (χ4v) is 8.25. The van der Waals surface area contributed by atoms with Gasteiger partial charge in [0.25, 0.3) is 0 Å². The minimum absolute atomic E-state index is 0. The first kappa shape index (κ1) is 23.9. The Bertz CT molecular complexity index is 1020. The van der Waals surface area contributed by atoms with Crippen molar-refractivity contribution in [2.75, 3.05) is 6.61 Å². The average Bonchev–Trinajstić information content (AvgIpc) is 2.85. The largest absolute Gasteiger partial charge is 1.00 e. The Morgan fingerprint density at radius 2 is 1.06 bits per heavy atom. The van der Waals surface area contributed by atoms with Crippen molar-refractivity contribution in [1.82, 2.24) is 0 Å². The number of halogens is 1. The maximum absolute atomic E-state index is 12.1. The molecule has 0 saturated carbocycles. The van der Waals surface area contributed by atoms with Crippen molar-refractivity contribution in [2.24, 2.45) is 0 Å². The summed E-state index contributed by atoms with van der Waals surface area (Å²) in [5, 5.41) is 4.05. The predicted octanol–water partition coefficient (Wildman–Crippen LogP) is 2.36. The predicted molar refractivity (Wildman–Crippen MR) is 131 cm³/mol. The van der Waals surface area contributed by atoms with E-state index in [-0.39, 0.29) is 23.0 Å². The second-order valence-electron chi connectivity index (χ2n) is 7.39. The number of benzene rings is 4. The second kappa shape index (κ2) is 11.2. The van der Waals surface area contributed by atoms with Crippen molar-refractivity contribution in [3.8, 4) is 0 Å². The van der Waals surface area contributed by atoms with Crippen molar-refractivity contribution in [3.05, 3.63) is 126 Å². The highest BCUT2D eigenvalue weighted by Crippen LogP contribution is 2.58. The summed E-state index contributed by atoms with van der Waals surface area (Å²) in [6.45, 7) is 2.20. The van der Waals surface area contributed by atoms with E-state index < -0.39 is 7.26 Å². The highest BCUT2D eigenvalue weighted by Gasteiger charge is 2.45. The highest BCUT2D eigenvalue weighted by molar-refractivity contribution is 7.95. The van der Waals surface area contributed by atoms with Crippen molar-refractivity contribution in [2.45, 2.75) is 13.1 Å². The summed E-state index contributed by atoms with van der Waals surface area (Å²) in [6, 6.07) is 40.4. The van der Waals surface area contributed by atoms with E-state index in [4.69, 9.17) is 4.74 Å². The molecule has 4 rings (SSSR count). The third-order valence-corrected chi connectivity index (χ3v) is 9.85. The van der Waals surface area contributed by atoms with E-state index in [1.54, 1.807) is 0 Å². The Balaban J connectivity index is 0.00000289. The van der Waals surface area contributed by atoms with Crippen LogP contribution in [0.2, 0.25) is 0 Å². The van der Waals surface area contributed by atoms with Gasteiger partial charge in [0.05, 0.1) is 18.3 Å². The molecular weight excluding hydrogens is 479 g/mol. The lowest BCUT2D eigenvalue weighted by Crippen LogP contribution is -3.00. The van der Waals surface area contributed by atoms with Gasteiger partial charge in [0.2, 0.25) is 0 Å². The Labute approximate surface area is 201 Å². The van der Waals surface area contributed by atoms with Gasteiger partial charge in [-0.25, -0.2) is 4.79 Å². The lowest BCUT2D eigenvalue weighted by Gasteiger charge is -2.27. The number of esters is 1. The van der Waals surface area contributed by atoms with E-state index in [0.717, 1.165) is 6.16 Å². The van der Waals surface area contributed by atoms with Crippen molar-refractivity contribution in [3.63, 3.8) is 0 Å². The third kappa shape index (κ3) is 5.01. The summed E-state index contributed by atoms with van der Waals surface area (Å²) in [7, 11) is -1.94. The van der Waals surface area contributed by atoms with Gasteiger partial charge in [0.15, 0.2) is 0 Å². The molecule has 0 spiro atoms. The van der Waals surface area contributed by atoms with Crippen molar-refractivity contribution >= 4 is 29.1 Å². The molecule has 0 aliphatic carbocycles. The van der Waals surface area contributed by atoms with Gasteiger partial charge in [-0.1, -0.05) is 66.7 Å². The summed E-state index contributed by atoms with van der Waals surface area (Å²) in [6.07, 6.45) is 0.883. The van der Waals surface area contributed by atoms with Gasteiger partial charge in [-0.05, 0) is 61.0 Å². The molecule has 0 saturated heterocycles. The number of ether oxygens (including phenoxy) is 1. The molecule has 2 nitrogen and oxygen atoms in total. The smallest absolute Gasteiger partial charge is 0.338 e. The molecule has 0 atom stereocenters. The van der Waals surface area contributed by atoms with E-state index in [0.29, 0.717) is 12.2 Å². The second-order valence-corrected chi connectivity index (χ2v) is 10.9. The molecule has 0 unspecified atom stereocenters. The first-order valence-electron chi connectivity index (χ1n) is 10.5. The molecule has 32 heavy (non-hydrogen) atoms. The van der Waals surface area contributed by atoms with Crippen LogP contribution < -0.4 is 32.9 Å². The van der Waals surface area contributed by atoms with E-state index in [9.17, 15) is 4.79 Å². The molecule has 0 radical (unpaired) electrons. The summed E-state index contributed by atoms with van der Waals surface area (Å²) in [5.41, 5.74) is 1.80. The molecule has 4 heteroatoms. The molecule has 0 bridgehead atoms. The van der Waals surface area contributed by atoms with Crippen LogP contribution in [0.25, 0.3) is 0 Å². The third-order valence-electron chi connectivity index (χ3n) is 5.48. The molecule has 162 valence electrons. The van der Waals surface area contributed by atoms with Crippen LogP contribution in [0.15, 0.2) is 115 Å². The fourth-order valence-electron chi connectivity index (χ4n) is 4.00. The van der Waals surface area contributed by atoms with Crippen LogP contribution >= 0.6 is 7.26 Å². The number of hydrogen-bond donors (Lipinski definition) is 0. The van der Waals surface area contributed by atoms with Crippen molar-refractivity contribution in [1.29, 1.82) is 0 Å². The maximum atomic E-state index is 12.1. The monoisotopic (exact) mass is 504 g/mol. The van der Waals surface area contributed by atoms with Gasteiger partial charge in [-0.15, -0.1) is 0 Å². The minimum Gasteiger partial charge on any atom is -1.00 e. The summed E-state index contributed by atoms with van der Waals surface area (Å²) in [5.74, 6) is -0.274. The van der Waals surface area contributed by atoms with Gasteiger partial charge in [-0.2, -0.15) is 0 Å². The molecule has 4 aromatic rings. The number of carbonyl (C=O) groups is 1. The quantitative estimate of drug-likeness (QED) is 0.285. The molecular formula is C28H26BrO2P. The highest BCUT2D eigenvalue weighted by atomic mass is 79.9. The molecule has 0 N–H and O–H groups in total. The van der Waals surface area contributed by atoms with E-state index in [1.165, 1.54) is 21.5 Å². The zero-order chi connectivity index (χ0) is 21.5. The van der Waals surface area contributed by atoms with E-state index in [1.807, 2.05) is 19.1 Å². The fraction of sp³-hybridized carbons (Fsp3) is 0.107. The van der Waals surface area contributed by atoms with Crippen LogP contribution in [0, 0.1) is 0 Å². The van der Waals surface area contributed by atoms with Crippen LogP contribution in [0.5, 0.6) is 0 Å². The van der Waals surface area contributed by atoms with Gasteiger partial charge >= 0.3 is 5.97 Å². The Hall–Kier alpha value is -2.74. The summed E-state index contributed by atoms with van der Waals surface area (Å²) in [4.78, 5) is 12.1. The van der Waals surface area contributed by atoms with Gasteiger partial charge in [-0.3, -0.25) is 0 Å². The van der Waals surface area contributed by atoms with Crippen LogP contribution in [0.4, 0.5) is 0 Å². The molecule has 0 amide bonds. The van der Waals surface area contributed by atoms with Gasteiger partial charge in [0, 0.05) is 0 Å². The average molecular weight is 505 g/mol. The van der Waals surface area contributed by atoms with E-state index in [2.05, 4.69) is 103 Å². The number of rotatable bonds is 7. The molecule has 0 heterocycles. The maximum Gasteiger partial charge on any atom is 0.338 e. The van der Waals surface area contributed by atoms with Gasteiger partial charge < -0.3 is 21.7 Å². The van der Waals surface area contributed by atoms with Crippen LogP contribution in [0.1, 0.15) is 22.8 Å². The standard InChI is InChI=1S/C28H26O2P.BrH/c1-2-30-28(29)24-20-18-23(19-21-24)22-31(25-12-6-3-7-13-25,26-14-8-4-9-15-26)27-16-10-5-11-17-27;/h3-21H,2,22H2,1H3;1H/q+1;/p-1. The molecule has 0 aromatic heterocycles. The molecule has 0 aliphatic heterocycles. The topological polar surface area (TPSA) is 26.3 Å². The van der Waals surface area contributed by atoms with Gasteiger partial charge in [0.1, 0.15) is 23.2 Å². The zero-order valence-corrected chi connectivity index (χ0v) is 20.5. The minimum atomic E-state index is -1.94. The Morgan fingerprint density at radius 1 is 0.656 bits per heavy atom. The molecule has 0 fully saturated rings. The van der Waals surface area contributed by atoms with Crippen LogP contribution in [-0.2, 0) is 10.9 Å². The van der Waals surface area contributed by atoms with Crippen LogP contribution in [0.3, 0.4) is 0 Å². The zero-order valence-electron chi connectivity index (χ0n) is 18.0. The first-order chi connectivity index (χ1) is 15.2. The SMILES string of the molecule is CCOC(=O)c1ccc(C[P+](c2ccccc2)(c2ccccc2)c2ccccc2)cc1.[Br-]. The lowest BCUT2D eigenvalue weighted by atomic mass is 10.1. The number of carbonyl (C=O) groups excluding carboxylic acids is 1. The summed E-state index contributed by atoms with van der Waals surface area (Å²) >= 11 is 0.